The molecule has 12 nitrogen and oxygen atoms in total. The average Bonchev–Trinajstić information content (AvgIpc) is 3.46. The Morgan fingerprint density at radius 1 is 1.37 bits per heavy atom. The highest BCUT2D eigenvalue weighted by Gasteiger charge is 2.57. The summed E-state index contributed by atoms with van der Waals surface area (Å²) in [6.45, 7) is 1.16. The Bertz CT molecular complexity index is 1420. The number of fused-ring (bicyclic) bond motifs is 1. The summed E-state index contributed by atoms with van der Waals surface area (Å²) >= 11 is 12.0. The van der Waals surface area contributed by atoms with Gasteiger partial charge >= 0.3 is 12.6 Å². The van der Waals surface area contributed by atoms with Crippen LogP contribution in [0, 0.1) is 6.92 Å². The van der Waals surface area contributed by atoms with Gasteiger partial charge in [-0.15, -0.1) is 11.6 Å². The number of carbonyl (C=O) groups is 1. The number of alkyl halides is 2. The number of halogens is 2. The maximum Gasteiger partial charge on any atom is 0.323 e. The lowest BCUT2D eigenvalue weighted by Gasteiger charge is -2.33. The van der Waals surface area contributed by atoms with Crippen molar-refractivity contribution in [3.63, 3.8) is 0 Å². The molecule has 0 saturated carbocycles. The summed E-state index contributed by atoms with van der Waals surface area (Å²) in [6.07, 6.45) is -3.58. The van der Waals surface area contributed by atoms with Crippen molar-refractivity contribution in [2.45, 2.75) is 50.9 Å². The SMILES string of the molecule is CCOC(=O)[C@H](C)NP(=S)(OC[C@@]1(CCl)O[C@@H](n2cnc3c(N(C)C)nc(C)nc32)[C@H](F)[C@@H]1O)Oc1ccccc1. The van der Waals surface area contributed by atoms with Gasteiger partial charge in [-0.25, -0.2) is 24.4 Å². The number of hydrogen-bond acceptors (Lipinski definition) is 11. The summed E-state index contributed by atoms with van der Waals surface area (Å²) in [5, 5.41) is 14.0. The molecule has 0 aliphatic carbocycles. The minimum absolute atomic E-state index is 0.173. The molecule has 1 aliphatic rings. The predicted molar refractivity (Wildman–Crippen MR) is 155 cm³/mol. The van der Waals surface area contributed by atoms with E-state index < -0.39 is 49.4 Å². The fourth-order valence-electron chi connectivity index (χ4n) is 4.27. The molecular weight excluding hydrogens is 598 g/mol. The minimum atomic E-state index is -3.51. The number of aliphatic hydroxyl groups is 1. The molecule has 1 saturated heterocycles. The molecule has 0 amide bonds. The monoisotopic (exact) mass is 630 g/mol. The van der Waals surface area contributed by atoms with Crippen molar-refractivity contribution in [1.29, 1.82) is 0 Å². The molecule has 2 aromatic heterocycles. The second-order valence-electron chi connectivity index (χ2n) is 9.69. The third-order valence-corrected chi connectivity index (χ3v) is 9.28. The van der Waals surface area contributed by atoms with Crippen molar-refractivity contribution in [2.24, 2.45) is 0 Å². The summed E-state index contributed by atoms with van der Waals surface area (Å²) in [5.41, 5.74) is -0.961. The maximum absolute atomic E-state index is 15.8. The first kappa shape index (κ1) is 31.5. The van der Waals surface area contributed by atoms with Crippen molar-refractivity contribution in [3.05, 3.63) is 42.5 Å². The highest BCUT2D eigenvalue weighted by Crippen LogP contribution is 2.49. The van der Waals surface area contributed by atoms with Crippen LogP contribution in [-0.4, -0.2) is 87.7 Å². The Morgan fingerprint density at radius 2 is 2.07 bits per heavy atom. The van der Waals surface area contributed by atoms with Crippen molar-refractivity contribution >= 4 is 53.0 Å². The largest absolute Gasteiger partial charge is 0.465 e. The van der Waals surface area contributed by atoms with Gasteiger partial charge in [-0.2, -0.15) is 0 Å². The van der Waals surface area contributed by atoms with Gasteiger partial charge < -0.3 is 28.5 Å². The van der Waals surface area contributed by atoms with Crippen molar-refractivity contribution < 1.29 is 32.8 Å². The van der Waals surface area contributed by atoms with Crippen LogP contribution in [0.1, 0.15) is 25.9 Å². The summed E-state index contributed by atoms with van der Waals surface area (Å²) in [4.78, 5) is 27.3. The first-order valence-corrected chi connectivity index (χ1v) is 16.0. The number of hydrogen-bond donors (Lipinski definition) is 2. The number of imidazole rings is 1. The Kier molecular flexibility index (Phi) is 9.85. The van der Waals surface area contributed by atoms with Gasteiger partial charge in [0, 0.05) is 14.1 Å². The minimum Gasteiger partial charge on any atom is -0.465 e. The molecule has 2 N–H and O–H groups in total. The fraction of sp³-hybridized carbons (Fsp3) is 0.520. The number of esters is 1. The number of anilines is 1. The lowest BCUT2D eigenvalue weighted by molar-refractivity contribution is -0.144. The number of nitrogens with one attached hydrogen (secondary N) is 1. The number of ether oxygens (including phenoxy) is 2. The third kappa shape index (κ3) is 6.64. The molecule has 41 heavy (non-hydrogen) atoms. The molecule has 6 atom stereocenters. The standard InChI is InChI=1S/C25H33ClFN6O6PS/c1-6-36-24(35)15(2)31-40(41,39-17-10-8-7-9-11-17)37-13-25(12-26)20(34)18(27)23(38-25)33-14-28-19-21(32(4)5)29-16(3)30-22(19)33/h7-11,14-15,18,20,23,34H,6,12-13H2,1-5H3,(H,31,41)/t15-,18+,20-,23+,25+,40?/m0/s1. The van der Waals surface area contributed by atoms with E-state index in [1.54, 1.807) is 56.0 Å². The molecule has 3 aromatic rings. The van der Waals surface area contributed by atoms with Crippen LogP contribution in [0.5, 0.6) is 5.75 Å². The molecule has 1 aliphatic heterocycles. The maximum atomic E-state index is 15.8. The van der Waals surface area contributed by atoms with Crippen LogP contribution in [-0.2, 0) is 30.6 Å². The zero-order valence-corrected chi connectivity index (χ0v) is 25.7. The zero-order valence-electron chi connectivity index (χ0n) is 23.2. The zero-order chi connectivity index (χ0) is 29.9. The Morgan fingerprint density at radius 3 is 2.71 bits per heavy atom. The summed E-state index contributed by atoms with van der Waals surface area (Å²) < 4.78 is 40.4. The Hall–Kier alpha value is -2.45. The summed E-state index contributed by atoms with van der Waals surface area (Å²) in [5.74, 6) is 0.474. The van der Waals surface area contributed by atoms with E-state index in [9.17, 15) is 9.90 Å². The van der Waals surface area contributed by atoms with E-state index in [0.717, 1.165) is 0 Å². The molecule has 1 aromatic carbocycles. The molecule has 0 bridgehead atoms. The number of benzene rings is 1. The molecule has 224 valence electrons. The van der Waals surface area contributed by atoms with Gasteiger partial charge in [0.05, 0.1) is 25.4 Å². The van der Waals surface area contributed by atoms with Gasteiger partial charge in [0.2, 0.25) is 0 Å². The average molecular weight is 631 g/mol. The number of nitrogens with zero attached hydrogens (tertiary/aromatic N) is 5. The van der Waals surface area contributed by atoms with E-state index >= 15 is 4.39 Å². The van der Waals surface area contributed by atoms with E-state index in [4.69, 9.17) is 41.9 Å². The fourth-order valence-corrected chi connectivity index (χ4v) is 7.00. The topological polar surface area (TPSA) is 133 Å². The van der Waals surface area contributed by atoms with Crippen LogP contribution in [0.25, 0.3) is 11.2 Å². The van der Waals surface area contributed by atoms with Crippen molar-refractivity contribution in [2.75, 3.05) is 38.1 Å². The Labute approximate surface area is 247 Å². The molecule has 0 spiro atoms. The highest BCUT2D eigenvalue weighted by molar-refractivity contribution is 8.09. The molecule has 0 radical (unpaired) electrons. The van der Waals surface area contributed by atoms with E-state index in [-0.39, 0.29) is 12.5 Å². The molecule has 3 heterocycles. The van der Waals surface area contributed by atoms with Crippen LogP contribution in [0.15, 0.2) is 36.7 Å². The van der Waals surface area contributed by atoms with Gasteiger partial charge in [0.25, 0.3) is 0 Å². The van der Waals surface area contributed by atoms with Crippen molar-refractivity contribution in [3.8, 4) is 5.75 Å². The molecular formula is C25H33ClFN6O6PS. The number of aryl methyl sites for hydroxylation is 1. The van der Waals surface area contributed by atoms with Gasteiger partial charge in [-0.05, 0) is 44.7 Å². The van der Waals surface area contributed by atoms with E-state index in [2.05, 4.69) is 20.0 Å². The van der Waals surface area contributed by atoms with Crippen LogP contribution in [0.2, 0.25) is 0 Å². The van der Waals surface area contributed by atoms with Gasteiger partial charge in [0.1, 0.15) is 29.3 Å². The van der Waals surface area contributed by atoms with Crippen molar-refractivity contribution in [1.82, 2.24) is 24.6 Å². The Balaban J connectivity index is 1.62. The number of para-hydroxylation sites is 1. The first-order valence-electron chi connectivity index (χ1n) is 12.8. The van der Waals surface area contributed by atoms with Gasteiger partial charge in [-0.1, -0.05) is 18.2 Å². The van der Waals surface area contributed by atoms with Crippen LogP contribution < -0.4 is 14.5 Å². The quantitative estimate of drug-likeness (QED) is 0.173. The highest BCUT2D eigenvalue weighted by atomic mass is 35.5. The smallest absolute Gasteiger partial charge is 0.323 e. The number of aromatic nitrogens is 4. The van der Waals surface area contributed by atoms with Crippen LogP contribution in [0.3, 0.4) is 0 Å². The summed E-state index contributed by atoms with van der Waals surface area (Å²) in [6, 6.07) is 7.74. The predicted octanol–water partition coefficient (Wildman–Crippen LogP) is 3.27. The summed E-state index contributed by atoms with van der Waals surface area (Å²) in [7, 11) is 3.62. The van der Waals surface area contributed by atoms with E-state index in [0.29, 0.717) is 28.6 Å². The van der Waals surface area contributed by atoms with E-state index in [1.807, 2.05) is 14.1 Å². The number of rotatable bonds is 12. The normalized spacial score (nSPS) is 24.6. The second kappa shape index (κ2) is 12.8. The number of aliphatic hydroxyl groups excluding tert-OH is 1. The third-order valence-electron chi connectivity index (χ3n) is 6.35. The van der Waals surface area contributed by atoms with E-state index in [1.165, 1.54) is 10.9 Å². The van der Waals surface area contributed by atoms with Gasteiger partial charge in [-0.3, -0.25) is 9.36 Å². The lowest BCUT2D eigenvalue weighted by Crippen LogP contribution is -2.48. The molecule has 1 unspecified atom stereocenters. The lowest BCUT2D eigenvalue weighted by atomic mass is 9.99. The molecule has 16 heteroatoms. The first-order chi connectivity index (χ1) is 19.4. The van der Waals surface area contributed by atoms with Crippen LogP contribution in [0.4, 0.5) is 10.2 Å². The van der Waals surface area contributed by atoms with Gasteiger partial charge in [0.15, 0.2) is 29.4 Å². The molecule has 1 fully saturated rings. The van der Waals surface area contributed by atoms with Crippen LogP contribution >= 0.6 is 18.2 Å². The molecule has 4 rings (SSSR count). The number of carbonyl (C=O) groups excluding carboxylic acids is 1. The second-order valence-corrected chi connectivity index (χ2v) is 13.1.